The van der Waals surface area contributed by atoms with Gasteiger partial charge in [0.25, 0.3) is 0 Å². The first-order valence-corrected chi connectivity index (χ1v) is 6.98. The number of anilines is 1. The van der Waals surface area contributed by atoms with Crippen LogP contribution in [0.2, 0.25) is 5.02 Å². The third-order valence-corrected chi connectivity index (χ3v) is 3.99. The number of hydrogen-bond acceptors (Lipinski definition) is 3. The number of nitrogens with one attached hydrogen (secondary N) is 1. The van der Waals surface area contributed by atoms with Gasteiger partial charge in [0.05, 0.1) is 10.7 Å². The Balaban J connectivity index is 2.78. The standard InChI is InChI=1S/C10H14ClFN2O3S/c1-14(5-2-6-15)18(16,17)13-8-3-4-10(12)9(11)7-8/h3-4,7,13,15H,2,5-6H2,1H3. The lowest BCUT2D eigenvalue weighted by molar-refractivity contribution is 0.276. The summed E-state index contributed by atoms with van der Waals surface area (Å²) in [6, 6.07) is 3.54. The second-order valence-electron chi connectivity index (χ2n) is 3.63. The normalized spacial score (nSPS) is 11.8. The molecule has 0 spiro atoms. The molecule has 0 aliphatic heterocycles. The minimum absolute atomic E-state index is 0.0950. The van der Waals surface area contributed by atoms with Gasteiger partial charge in [0.15, 0.2) is 0 Å². The highest BCUT2D eigenvalue weighted by Crippen LogP contribution is 2.20. The molecule has 0 aromatic heterocycles. The molecule has 18 heavy (non-hydrogen) atoms. The molecular weight excluding hydrogens is 283 g/mol. The third-order valence-electron chi connectivity index (χ3n) is 2.21. The van der Waals surface area contributed by atoms with Crippen molar-refractivity contribution >= 4 is 27.5 Å². The summed E-state index contributed by atoms with van der Waals surface area (Å²) in [4.78, 5) is 0. The van der Waals surface area contributed by atoms with E-state index in [0.717, 1.165) is 10.4 Å². The molecule has 0 atom stereocenters. The van der Waals surface area contributed by atoms with Gasteiger partial charge in [0, 0.05) is 20.2 Å². The Kier molecular flexibility index (Phi) is 5.33. The average Bonchev–Trinajstić information content (AvgIpc) is 2.30. The summed E-state index contributed by atoms with van der Waals surface area (Å²) >= 11 is 5.55. The van der Waals surface area contributed by atoms with E-state index in [0.29, 0.717) is 6.42 Å². The number of aliphatic hydroxyl groups is 1. The molecule has 0 aliphatic rings. The largest absolute Gasteiger partial charge is 0.396 e. The first-order valence-electron chi connectivity index (χ1n) is 5.17. The summed E-state index contributed by atoms with van der Waals surface area (Å²) in [6.07, 6.45) is 0.335. The van der Waals surface area contributed by atoms with Gasteiger partial charge in [-0.25, -0.2) is 4.39 Å². The van der Waals surface area contributed by atoms with Gasteiger partial charge in [-0.3, -0.25) is 4.72 Å². The van der Waals surface area contributed by atoms with Crippen molar-refractivity contribution in [3.8, 4) is 0 Å². The number of hydrogen-bond donors (Lipinski definition) is 2. The topological polar surface area (TPSA) is 69.6 Å². The molecule has 0 amide bonds. The summed E-state index contributed by atoms with van der Waals surface area (Å²) in [5.74, 6) is -0.617. The van der Waals surface area contributed by atoms with Gasteiger partial charge in [-0.15, -0.1) is 0 Å². The first kappa shape index (κ1) is 15.2. The van der Waals surface area contributed by atoms with Crippen molar-refractivity contribution in [1.29, 1.82) is 0 Å². The SMILES string of the molecule is CN(CCCO)S(=O)(=O)Nc1ccc(F)c(Cl)c1. The highest BCUT2D eigenvalue weighted by Gasteiger charge is 2.17. The third kappa shape index (κ3) is 4.09. The van der Waals surface area contributed by atoms with Crippen LogP contribution in [-0.4, -0.2) is 38.0 Å². The summed E-state index contributed by atoms with van der Waals surface area (Å²) in [7, 11) is -2.35. The van der Waals surface area contributed by atoms with E-state index in [-0.39, 0.29) is 23.9 Å². The molecule has 8 heteroatoms. The Morgan fingerprint density at radius 1 is 1.50 bits per heavy atom. The molecule has 0 heterocycles. The molecule has 5 nitrogen and oxygen atoms in total. The van der Waals surface area contributed by atoms with Gasteiger partial charge in [0.1, 0.15) is 5.82 Å². The van der Waals surface area contributed by atoms with Crippen LogP contribution >= 0.6 is 11.6 Å². The maximum atomic E-state index is 12.9. The van der Waals surface area contributed by atoms with E-state index < -0.39 is 16.0 Å². The smallest absolute Gasteiger partial charge is 0.301 e. The van der Waals surface area contributed by atoms with Crippen LogP contribution in [0.4, 0.5) is 10.1 Å². The van der Waals surface area contributed by atoms with Crippen LogP contribution in [0.5, 0.6) is 0 Å². The van der Waals surface area contributed by atoms with Crippen molar-refractivity contribution < 1.29 is 17.9 Å². The minimum atomic E-state index is -3.72. The van der Waals surface area contributed by atoms with Gasteiger partial charge in [-0.1, -0.05) is 11.6 Å². The fraction of sp³-hybridized carbons (Fsp3) is 0.400. The molecule has 0 fully saturated rings. The zero-order chi connectivity index (χ0) is 13.8. The maximum absolute atomic E-state index is 12.9. The van der Waals surface area contributed by atoms with Crippen LogP contribution in [0.1, 0.15) is 6.42 Å². The molecule has 1 rings (SSSR count). The molecule has 0 saturated carbocycles. The summed E-state index contributed by atoms with van der Waals surface area (Å²) < 4.78 is 39.8. The Bertz CT molecular complexity index is 510. The molecule has 1 aromatic carbocycles. The van der Waals surface area contributed by atoms with Crippen molar-refractivity contribution in [1.82, 2.24) is 4.31 Å². The van der Waals surface area contributed by atoms with Crippen LogP contribution in [0, 0.1) is 5.82 Å². The summed E-state index contributed by atoms with van der Waals surface area (Å²) in [5.41, 5.74) is 0.178. The Morgan fingerprint density at radius 3 is 2.72 bits per heavy atom. The molecular formula is C10H14ClFN2O3S. The van der Waals surface area contributed by atoms with Crippen LogP contribution in [0.25, 0.3) is 0 Å². The van der Waals surface area contributed by atoms with Crippen molar-refractivity contribution in [2.45, 2.75) is 6.42 Å². The van der Waals surface area contributed by atoms with Gasteiger partial charge < -0.3 is 5.11 Å². The Morgan fingerprint density at radius 2 is 2.17 bits per heavy atom. The van der Waals surface area contributed by atoms with E-state index in [1.165, 1.54) is 19.2 Å². The highest BCUT2D eigenvalue weighted by molar-refractivity contribution is 7.90. The first-order chi connectivity index (χ1) is 8.36. The summed E-state index contributed by atoms with van der Waals surface area (Å²) in [5, 5.41) is 8.48. The van der Waals surface area contributed by atoms with E-state index >= 15 is 0 Å². The van der Waals surface area contributed by atoms with Gasteiger partial charge in [-0.2, -0.15) is 12.7 Å². The van der Waals surface area contributed by atoms with Crippen LogP contribution < -0.4 is 4.72 Å². The van der Waals surface area contributed by atoms with Crippen LogP contribution in [0.15, 0.2) is 18.2 Å². The molecule has 102 valence electrons. The quantitative estimate of drug-likeness (QED) is 0.835. The second kappa shape index (κ2) is 6.33. The van der Waals surface area contributed by atoms with Crippen LogP contribution in [0.3, 0.4) is 0 Å². The Hall–Kier alpha value is -0.890. The van der Waals surface area contributed by atoms with Crippen molar-refractivity contribution in [3.63, 3.8) is 0 Å². The number of rotatable bonds is 6. The molecule has 0 aliphatic carbocycles. The summed E-state index contributed by atoms with van der Waals surface area (Å²) in [6.45, 7) is 0.0863. The van der Waals surface area contributed by atoms with E-state index in [1.54, 1.807) is 0 Å². The molecule has 1 aromatic rings. The predicted octanol–water partition coefficient (Wildman–Crippen LogP) is 1.45. The molecule has 0 saturated heterocycles. The fourth-order valence-electron chi connectivity index (χ4n) is 1.20. The molecule has 0 bridgehead atoms. The zero-order valence-corrected chi connectivity index (χ0v) is 11.3. The fourth-order valence-corrected chi connectivity index (χ4v) is 2.33. The zero-order valence-electron chi connectivity index (χ0n) is 9.73. The van der Waals surface area contributed by atoms with Crippen molar-refractivity contribution in [2.24, 2.45) is 0 Å². The van der Waals surface area contributed by atoms with Crippen LogP contribution in [-0.2, 0) is 10.2 Å². The van der Waals surface area contributed by atoms with Gasteiger partial charge in [0.2, 0.25) is 0 Å². The molecule has 2 N–H and O–H groups in total. The monoisotopic (exact) mass is 296 g/mol. The number of halogens is 2. The van der Waals surface area contributed by atoms with E-state index in [2.05, 4.69) is 4.72 Å². The highest BCUT2D eigenvalue weighted by atomic mass is 35.5. The number of nitrogens with zero attached hydrogens (tertiary/aromatic N) is 1. The van der Waals surface area contributed by atoms with E-state index in [1.807, 2.05) is 0 Å². The van der Waals surface area contributed by atoms with Gasteiger partial charge in [-0.05, 0) is 24.6 Å². The lowest BCUT2D eigenvalue weighted by Crippen LogP contribution is -2.33. The number of benzene rings is 1. The lowest BCUT2D eigenvalue weighted by Gasteiger charge is -2.17. The average molecular weight is 297 g/mol. The van der Waals surface area contributed by atoms with Crippen molar-refractivity contribution in [3.05, 3.63) is 29.0 Å². The molecule has 0 radical (unpaired) electrons. The number of aliphatic hydroxyl groups excluding tert-OH is 1. The minimum Gasteiger partial charge on any atom is -0.396 e. The van der Waals surface area contributed by atoms with Gasteiger partial charge >= 0.3 is 10.2 Å². The van der Waals surface area contributed by atoms with E-state index in [4.69, 9.17) is 16.7 Å². The second-order valence-corrected chi connectivity index (χ2v) is 5.82. The predicted molar refractivity (Wildman–Crippen MR) is 68.3 cm³/mol. The lowest BCUT2D eigenvalue weighted by atomic mass is 10.3. The van der Waals surface area contributed by atoms with E-state index in [9.17, 15) is 12.8 Å². The maximum Gasteiger partial charge on any atom is 0.301 e. The van der Waals surface area contributed by atoms with Crippen molar-refractivity contribution in [2.75, 3.05) is 24.9 Å². The Labute approximate surface area is 110 Å². The molecule has 0 unspecified atom stereocenters.